The van der Waals surface area contributed by atoms with Crippen LogP contribution in [0, 0.1) is 17.8 Å². The number of para-hydroxylation sites is 1. The van der Waals surface area contributed by atoms with Gasteiger partial charge >= 0.3 is 6.09 Å². The van der Waals surface area contributed by atoms with Crippen LogP contribution in [0.2, 0.25) is 0 Å². The first-order valence-electron chi connectivity index (χ1n) is 12.8. The maximum absolute atomic E-state index is 13.2. The van der Waals surface area contributed by atoms with E-state index in [4.69, 9.17) is 9.47 Å². The Kier molecular flexibility index (Phi) is 6.98. The molecule has 2 aromatic carbocycles. The molecule has 1 N–H and O–H groups in total. The molecule has 2 saturated heterocycles. The number of hydrogen-bond acceptors (Lipinski definition) is 6. The summed E-state index contributed by atoms with van der Waals surface area (Å²) in [7, 11) is 1.17. The molecule has 3 amide bonds. The normalized spacial score (nSPS) is 25.4. The average molecular weight is 502 g/mol. The lowest BCUT2D eigenvalue weighted by atomic mass is 9.69. The minimum atomic E-state index is -0.915. The van der Waals surface area contributed by atoms with Crippen LogP contribution in [-0.4, -0.2) is 47.7 Å². The summed E-state index contributed by atoms with van der Waals surface area (Å²) >= 11 is 0. The summed E-state index contributed by atoms with van der Waals surface area (Å²) in [6, 6.07) is 17.3. The number of allylic oxidation sites excluding steroid dienone is 2. The van der Waals surface area contributed by atoms with Crippen LogP contribution in [0.1, 0.15) is 43.7 Å². The second-order valence-corrected chi connectivity index (χ2v) is 9.79. The Bertz CT molecular complexity index is 1280. The first-order valence-corrected chi connectivity index (χ1v) is 12.8. The van der Waals surface area contributed by atoms with Gasteiger partial charge < -0.3 is 14.6 Å². The number of aromatic hydroxyl groups is 1. The number of imide groups is 3. The number of carbonyl (C=O) groups is 3. The number of phenolic OH excluding ortho intramolecular Hbond substituents is 1. The Morgan fingerprint density at radius 1 is 1.08 bits per heavy atom. The van der Waals surface area contributed by atoms with Gasteiger partial charge in [-0.2, -0.15) is 4.90 Å². The molecule has 0 aromatic heterocycles. The minimum absolute atomic E-state index is 0.174. The van der Waals surface area contributed by atoms with Crippen molar-refractivity contribution in [2.75, 3.05) is 13.7 Å². The van der Waals surface area contributed by atoms with E-state index < -0.39 is 29.7 Å². The molecule has 1 aliphatic carbocycles. The van der Waals surface area contributed by atoms with Crippen molar-refractivity contribution in [3.05, 3.63) is 76.9 Å². The van der Waals surface area contributed by atoms with E-state index in [0.29, 0.717) is 30.8 Å². The fourth-order valence-electron chi connectivity index (χ4n) is 6.12. The van der Waals surface area contributed by atoms with Crippen LogP contribution in [0.25, 0.3) is 11.6 Å². The third kappa shape index (κ3) is 4.48. The van der Waals surface area contributed by atoms with Gasteiger partial charge in [-0.15, -0.1) is 0 Å². The zero-order chi connectivity index (χ0) is 26.1. The summed E-state index contributed by atoms with van der Waals surface area (Å²) in [5, 5.41) is 10.3. The molecule has 5 rings (SSSR count). The number of carbonyl (C=O) groups excluding carboxylic acids is 3. The first-order chi connectivity index (χ1) is 17.9. The third-order valence-corrected chi connectivity index (χ3v) is 7.88. The number of fused-ring (bicyclic) bond motifs is 3. The highest BCUT2D eigenvalue weighted by molar-refractivity contribution is 6.16. The molecular weight excluding hydrogens is 470 g/mol. The summed E-state index contributed by atoms with van der Waals surface area (Å²) in [6.07, 6.45) is 3.54. The van der Waals surface area contributed by atoms with E-state index in [0.717, 1.165) is 34.3 Å². The monoisotopic (exact) mass is 501 g/mol. The lowest BCUT2D eigenvalue weighted by Gasteiger charge is -2.31. The Balaban J connectivity index is 1.42. The summed E-state index contributed by atoms with van der Waals surface area (Å²) in [4.78, 5) is 39.0. The molecule has 7 heteroatoms. The average Bonchev–Trinajstić information content (AvgIpc) is 3.45. The third-order valence-electron chi connectivity index (χ3n) is 7.88. The molecule has 0 unspecified atom stereocenters. The standard InChI is InChI=1S/C30H31NO6/c1-3-18-16-22-27(29(34)31(28(22)33)30(35)36-2)23-17-37-25(26(18)23)14-13-20(19-9-5-4-6-10-19)15-21-11-7-8-12-24(21)32/h4-12,15,22-23,25,27,32H,3,13-14,16-17H2,1-2H3/b20-15-/t22-,23+,25-,27-/m1/s1. The van der Waals surface area contributed by atoms with Gasteiger partial charge in [0.15, 0.2) is 0 Å². The maximum atomic E-state index is 13.2. The largest absolute Gasteiger partial charge is 0.507 e. The fraction of sp³-hybridized carbons (Fsp3) is 0.367. The number of amides is 3. The van der Waals surface area contributed by atoms with Crippen LogP contribution in [0.15, 0.2) is 65.7 Å². The van der Waals surface area contributed by atoms with Crippen molar-refractivity contribution >= 4 is 29.6 Å². The second-order valence-electron chi connectivity index (χ2n) is 9.79. The van der Waals surface area contributed by atoms with Gasteiger partial charge in [-0.3, -0.25) is 9.59 Å². The predicted molar refractivity (Wildman–Crippen MR) is 138 cm³/mol. The highest BCUT2D eigenvalue weighted by atomic mass is 16.5. The van der Waals surface area contributed by atoms with E-state index in [2.05, 4.69) is 19.1 Å². The molecule has 2 fully saturated rings. The number of hydrogen-bond donors (Lipinski definition) is 1. The van der Waals surface area contributed by atoms with Crippen molar-refractivity contribution in [2.45, 2.75) is 38.7 Å². The molecule has 192 valence electrons. The highest BCUT2D eigenvalue weighted by Crippen LogP contribution is 2.50. The molecule has 7 nitrogen and oxygen atoms in total. The van der Waals surface area contributed by atoms with Crippen molar-refractivity contribution in [1.29, 1.82) is 0 Å². The molecule has 2 heterocycles. The Morgan fingerprint density at radius 2 is 1.81 bits per heavy atom. The van der Waals surface area contributed by atoms with E-state index in [9.17, 15) is 19.5 Å². The summed E-state index contributed by atoms with van der Waals surface area (Å²) in [6.45, 7) is 2.41. The van der Waals surface area contributed by atoms with Crippen molar-refractivity contribution in [3.63, 3.8) is 0 Å². The van der Waals surface area contributed by atoms with Gasteiger partial charge in [-0.1, -0.05) is 61.0 Å². The fourth-order valence-corrected chi connectivity index (χ4v) is 6.12. The number of benzene rings is 2. The number of likely N-dealkylation sites (tertiary alicyclic amines) is 1. The zero-order valence-corrected chi connectivity index (χ0v) is 21.1. The Hall–Kier alpha value is -3.71. The van der Waals surface area contributed by atoms with E-state index in [1.54, 1.807) is 12.1 Å². The van der Waals surface area contributed by atoms with Crippen molar-refractivity contribution in [2.24, 2.45) is 17.8 Å². The van der Waals surface area contributed by atoms with Crippen LogP contribution in [0.5, 0.6) is 5.75 Å². The topological polar surface area (TPSA) is 93.1 Å². The van der Waals surface area contributed by atoms with Crippen LogP contribution in [0.3, 0.4) is 0 Å². The molecule has 0 saturated carbocycles. The number of phenols is 1. The Labute approximate surface area is 216 Å². The SMILES string of the molecule is CCC1=C2[C@@H](CC/C(=C/c3ccccc3O)c3ccccc3)OC[C@@H]2[C@@H]2C(=O)N(C(=O)OC)C(=O)[C@@H]2C1. The van der Waals surface area contributed by atoms with Gasteiger partial charge in [0.05, 0.1) is 31.7 Å². The molecule has 0 spiro atoms. The van der Waals surface area contributed by atoms with Crippen LogP contribution >= 0.6 is 0 Å². The molecule has 37 heavy (non-hydrogen) atoms. The summed E-state index contributed by atoms with van der Waals surface area (Å²) in [5.41, 5.74) is 5.15. The zero-order valence-electron chi connectivity index (χ0n) is 21.1. The van der Waals surface area contributed by atoms with E-state index in [1.807, 2.05) is 36.4 Å². The van der Waals surface area contributed by atoms with E-state index >= 15 is 0 Å². The maximum Gasteiger partial charge on any atom is 0.423 e. The predicted octanol–water partition coefficient (Wildman–Crippen LogP) is 5.21. The molecule has 3 aliphatic rings. The van der Waals surface area contributed by atoms with E-state index in [1.165, 1.54) is 7.11 Å². The molecule has 4 atom stereocenters. The summed E-state index contributed by atoms with van der Waals surface area (Å²) in [5.74, 6) is -2.07. The van der Waals surface area contributed by atoms with Gasteiger partial charge in [-0.05, 0) is 54.5 Å². The molecule has 2 aromatic rings. The minimum Gasteiger partial charge on any atom is -0.507 e. The van der Waals surface area contributed by atoms with Crippen molar-refractivity contribution in [3.8, 4) is 5.75 Å². The smallest absolute Gasteiger partial charge is 0.423 e. The van der Waals surface area contributed by atoms with Crippen molar-refractivity contribution < 1.29 is 29.0 Å². The number of rotatable bonds is 6. The lowest BCUT2D eigenvalue weighted by Crippen LogP contribution is -2.38. The highest BCUT2D eigenvalue weighted by Gasteiger charge is 2.58. The molecule has 2 aliphatic heterocycles. The molecular formula is C30H31NO6. The van der Waals surface area contributed by atoms with Gasteiger partial charge in [0.2, 0.25) is 11.8 Å². The van der Waals surface area contributed by atoms with Gasteiger partial charge in [0.25, 0.3) is 0 Å². The van der Waals surface area contributed by atoms with Gasteiger partial charge in [-0.25, -0.2) is 4.79 Å². The van der Waals surface area contributed by atoms with E-state index in [-0.39, 0.29) is 17.8 Å². The molecule has 0 bridgehead atoms. The molecule has 0 radical (unpaired) electrons. The number of nitrogens with zero attached hydrogens (tertiary/aromatic N) is 1. The Morgan fingerprint density at radius 3 is 2.51 bits per heavy atom. The second kappa shape index (κ2) is 10.3. The number of ether oxygens (including phenoxy) is 2. The summed E-state index contributed by atoms with van der Waals surface area (Å²) < 4.78 is 11.0. The van der Waals surface area contributed by atoms with Crippen LogP contribution in [-0.2, 0) is 19.1 Å². The number of methoxy groups -OCH3 is 1. The van der Waals surface area contributed by atoms with Crippen molar-refractivity contribution in [1.82, 2.24) is 4.90 Å². The quantitative estimate of drug-likeness (QED) is 0.332. The van der Waals surface area contributed by atoms with Gasteiger partial charge in [0.1, 0.15) is 5.75 Å². The van der Waals surface area contributed by atoms with Gasteiger partial charge in [0, 0.05) is 11.5 Å². The van der Waals surface area contributed by atoms with Crippen LogP contribution < -0.4 is 0 Å². The lowest BCUT2D eigenvalue weighted by molar-refractivity contribution is -0.137. The first kappa shape index (κ1) is 25.0. The van der Waals surface area contributed by atoms with Crippen LogP contribution in [0.4, 0.5) is 4.79 Å².